The maximum Gasteiger partial charge on any atom is 0.234 e. The van der Waals surface area contributed by atoms with Crippen molar-refractivity contribution in [3.05, 3.63) is 46.7 Å². The maximum absolute atomic E-state index is 12.5. The number of carbonyl (C=O) groups is 2. The quantitative estimate of drug-likeness (QED) is 0.620. The number of piperazine rings is 1. The van der Waals surface area contributed by atoms with E-state index in [1.165, 1.54) is 11.1 Å². The molecule has 1 saturated heterocycles. The van der Waals surface area contributed by atoms with E-state index in [0.717, 1.165) is 45.6 Å². The maximum atomic E-state index is 12.5. The van der Waals surface area contributed by atoms with Gasteiger partial charge in [0, 0.05) is 57.8 Å². The van der Waals surface area contributed by atoms with E-state index >= 15 is 0 Å². The third kappa shape index (κ3) is 6.30. The summed E-state index contributed by atoms with van der Waals surface area (Å²) in [6.07, 6.45) is 4.36. The molecule has 178 valence electrons. The van der Waals surface area contributed by atoms with Crippen LogP contribution >= 0.6 is 0 Å². The number of aliphatic hydroxyl groups excluding tert-OH is 1. The molecule has 7 nitrogen and oxygen atoms in total. The molecule has 1 aromatic rings. The Morgan fingerprint density at radius 1 is 1.12 bits per heavy atom. The van der Waals surface area contributed by atoms with Gasteiger partial charge in [0.2, 0.25) is 5.91 Å². The number of amides is 1. The first-order valence-electron chi connectivity index (χ1n) is 12.0. The van der Waals surface area contributed by atoms with Crippen molar-refractivity contribution in [2.24, 2.45) is 10.4 Å². The zero-order chi connectivity index (χ0) is 23.4. The Kier molecular flexibility index (Phi) is 7.29. The monoisotopic (exact) mass is 452 g/mol. The number of Topliss-reactive ketones (excluding diaryl/α,β-unsaturated/α-hetero) is 1. The summed E-state index contributed by atoms with van der Waals surface area (Å²) in [7, 11) is 0. The predicted molar refractivity (Wildman–Crippen MR) is 130 cm³/mol. The molecule has 33 heavy (non-hydrogen) atoms. The van der Waals surface area contributed by atoms with Crippen LogP contribution in [0.4, 0.5) is 0 Å². The second-order valence-corrected chi connectivity index (χ2v) is 10.4. The highest BCUT2D eigenvalue weighted by Crippen LogP contribution is 2.35. The summed E-state index contributed by atoms with van der Waals surface area (Å²) >= 11 is 0. The number of rotatable bonds is 7. The van der Waals surface area contributed by atoms with Crippen molar-refractivity contribution in [2.45, 2.75) is 45.6 Å². The molecule has 1 amide bonds. The number of nitrogens with zero attached hydrogens (tertiary/aromatic N) is 3. The van der Waals surface area contributed by atoms with E-state index in [0.29, 0.717) is 31.5 Å². The van der Waals surface area contributed by atoms with Crippen molar-refractivity contribution in [1.82, 2.24) is 15.1 Å². The van der Waals surface area contributed by atoms with E-state index in [9.17, 15) is 14.7 Å². The van der Waals surface area contributed by atoms with Crippen LogP contribution in [0.3, 0.4) is 0 Å². The summed E-state index contributed by atoms with van der Waals surface area (Å²) in [4.78, 5) is 33.7. The molecule has 4 rings (SSSR count). The van der Waals surface area contributed by atoms with Crippen LogP contribution in [0.15, 0.2) is 40.6 Å². The molecule has 2 N–H and O–H groups in total. The molecule has 0 atom stereocenters. The smallest absolute Gasteiger partial charge is 0.234 e. The van der Waals surface area contributed by atoms with Gasteiger partial charge in [-0.2, -0.15) is 0 Å². The largest absolute Gasteiger partial charge is 0.511 e. The van der Waals surface area contributed by atoms with Crippen LogP contribution < -0.4 is 5.32 Å². The fourth-order valence-electron chi connectivity index (χ4n) is 5.11. The van der Waals surface area contributed by atoms with E-state index in [-0.39, 0.29) is 28.9 Å². The lowest BCUT2D eigenvalue weighted by molar-refractivity contribution is -0.123. The number of aliphatic imine (C=N–C) groups is 1. The Hall–Kier alpha value is -2.51. The molecule has 1 aromatic carbocycles. The first-order valence-corrected chi connectivity index (χ1v) is 12.0. The number of nitrogens with one attached hydrogen (secondary N) is 1. The highest BCUT2D eigenvalue weighted by molar-refractivity contribution is 6.14. The van der Waals surface area contributed by atoms with Gasteiger partial charge in [-0.1, -0.05) is 38.1 Å². The Morgan fingerprint density at radius 2 is 1.76 bits per heavy atom. The molecular formula is C26H36N4O3. The highest BCUT2D eigenvalue weighted by atomic mass is 16.3. The molecule has 1 heterocycles. The normalized spacial score (nSPS) is 22.2. The minimum Gasteiger partial charge on any atom is -0.511 e. The number of carbonyl (C=O) groups excluding carboxylic acids is 2. The number of benzene rings is 1. The van der Waals surface area contributed by atoms with Gasteiger partial charge in [0.25, 0.3) is 0 Å². The van der Waals surface area contributed by atoms with Crippen molar-refractivity contribution in [1.29, 1.82) is 0 Å². The molecule has 3 aliphatic rings. The molecule has 7 heteroatoms. The molecule has 2 aliphatic carbocycles. The SMILES string of the molecule is CC1(C)CC(=O)C(C=NCCN2CCN(CC(=O)NC3Cc4ccccc4C3)CC2)=C(O)C1. The predicted octanol–water partition coefficient (Wildman–Crippen LogP) is 2.16. The van der Waals surface area contributed by atoms with Crippen molar-refractivity contribution in [2.75, 3.05) is 45.8 Å². The fraction of sp³-hybridized carbons (Fsp3) is 0.577. The summed E-state index contributed by atoms with van der Waals surface area (Å²) in [5, 5.41) is 13.4. The van der Waals surface area contributed by atoms with Crippen LogP contribution in [0, 0.1) is 5.41 Å². The Morgan fingerprint density at radius 3 is 2.39 bits per heavy atom. The second kappa shape index (κ2) is 10.2. The minimum atomic E-state index is -0.183. The lowest BCUT2D eigenvalue weighted by Gasteiger charge is -2.34. The van der Waals surface area contributed by atoms with Gasteiger partial charge in [0.15, 0.2) is 5.78 Å². The zero-order valence-corrected chi connectivity index (χ0v) is 19.8. The number of allylic oxidation sites excluding steroid dienone is 2. The number of aliphatic hydroxyl groups is 1. The van der Waals surface area contributed by atoms with Crippen molar-refractivity contribution >= 4 is 17.9 Å². The van der Waals surface area contributed by atoms with Gasteiger partial charge in [-0.05, 0) is 29.4 Å². The molecule has 0 aromatic heterocycles. The van der Waals surface area contributed by atoms with Crippen LogP contribution in [0.5, 0.6) is 0 Å². The van der Waals surface area contributed by atoms with Gasteiger partial charge in [0.1, 0.15) is 5.76 Å². The molecule has 0 saturated carbocycles. The lowest BCUT2D eigenvalue weighted by Crippen LogP contribution is -2.51. The number of hydrogen-bond donors (Lipinski definition) is 2. The summed E-state index contributed by atoms with van der Waals surface area (Å²) in [5.41, 5.74) is 2.89. The number of ketones is 1. The van der Waals surface area contributed by atoms with Gasteiger partial charge in [-0.15, -0.1) is 0 Å². The number of fused-ring (bicyclic) bond motifs is 1. The second-order valence-electron chi connectivity index (χ2n) is 10.4. The zero-order valence-electron chi connectivity index (χ0n) is 19.8. The first-order chi connectivity index (χ1) is 15.8. The van der Waals surface area contributed by atoms with Gasteiger partial charge < -0.3 is 10.4 Å². The van der Waals surface area contributed by atoms with Crippen LogP contribution in [0.25, 0.3) is 0 Å². The van der Waals surface area contributed by atoms with Crippen LogP contribution in [-0.4, -0.2) is 84.7 Å². The van der Waals surface area contributed by atoms with Gasteiger partial charge in [0.05, 0.1) is 18.7 Å². The van der Waals surface area contributed by atoms with E-state index in [1.54, 1.807) is 6.21 Å². The third-order valence-electron chi connectivity index (χ3n) is 6.91. The van der Waals surface area contributed by atoms with E-state index in [2.05, 4.69) is 44.4 Å². The highest BCUT2D eigenvalue weighted by Gasteiger charge is 2.32. The average molecular weight is 453 g/mol. The van der Waals surface area contributed by atoms with E-state index in [4.69, 9.17) is 0 Å². The van der Waals surface area contributed by atoms with Gasteiger partial charge in [-0.25, -0.2) is 0 Å². The lowest BCUT2D eigenvalue weighted by atomic mass is 9.77. The molecular weight excluding hydrogens is 416 g/mol. The van der Waals surface area contributed by atoms with Gasteiger partial charge in [-0.3, -0.25) is 24.4 Å². The molecule has 0 spiro atoms. The number of hydrogen-bond acceptors (Lipinski definition) is 6. The molecule has 1 aliphatic heterocycles. The average Bonchev–Trinajstić information content (AvgIpc) is 3.15. The molecule has 0 unspecified atom stereocenters. The molecule has 0 radical (unpaired) electrons. The van der Waals surface area contributed by atoms with Crippen molar-refractivity contribution in [3.8, 4) is 0 Å². The van der Waals surface area contributed by atoms with Crippen molar-refractivity contribution in [3.63, 3.8) is 0 Å². The topological polar surface area (TPSA) is 85.2 Å². The Bertz CT molecular complexity index is 920. The van der Waals surface area contributed by atoms with E-state index < -0.39 is 0 Å². The fourth-order valence-corrected chi connectivity index (χ4v) is 5.11. The van der Waals surface area contributed by atoms with Crippen LogP contribution in [-0.2, 0) is 22.4 Å². The Balaban J connectivity index is 1.14. The van der Waals surface area contributed by atoms with E-state index in [1.807, 2.05) is 13.8 Å². The first kappa shape index (κ1) is 23.6. The van der Waals surface area contributed by atoms with Gasteiger partial charge >= 0.3 is 0 Å². The third-order valence-corrected chi connectivity index (χ3v) is 6.91. The van der Waals surface area contributed by atoms with Crippen molar-refractivity contribution < 1.29 is 14.7 Å². The summed E-state index contributed by atoms with van der Waals surface area (Å²) in [6.45, 7) is 9.37. The summed E-state index contributed by atoms with van der Waals surface area (Å²) < 4.78 is 0. The molecule has 0 bridgehead atoms. The van der Waals surface area contributed by atoms with Crippen LogP contribution in [0.1, 0.15) is 37.8 Å². The van der Waals surface area contributed by atoms with Crippen LogP contribution in [0.2, 0.25) is 0 Å². The minimum absolute atomic E-state index is 0.0270. The summed E-state index contributed by atoms with van der Waals surface area (Å²) in [6, 6.07) is 8.64. The standard InChI is InChI=1S/C26H36N4O3/c1-26(2)15-23(31)22(24(32)16-26)17-27-7-8-29-9-11-30(12-10-29)18-25(33)28-21-13-19-5-3-4-6-20(19)14-21/h3-6,17,21,31H,7-16,18H2,1-2H3,(H,28,33). The Labute approximate surface area is 196 Å². The molecule has 1 fully saturated rings. The summed E-state index contributed by atoms with van der Waals surface area (Å²) in [5.74, 6) is 0.244.